The molecule has 1 aliphatic rings. The molecule has 1 saturated carbocycles. The molecule has 0 unspecified atom stereocenters. The molecule has 1 aliphatic carbocycles. The average molecular weight is 310 g/mol. The SMILES string of the molecule is COc1cc(SC)c(OC)c(C2(C(=O)O)CCCCC2)c1. The minimum atomic E-state index is -0.859. The average Bonchev–Trinajstić information content (AvgIpc) is 2.53. The molecule has 116 valence electrons. The number of hydrogen-bond acceptors (Lipinski definition) is 4. The number of rotatable bonds is 5. The van der Waals surface area contributed by atoms with E-state index in [1.54, 1.807) is 26.0 Å². The van der Waals surface area contributed by atoms with Crippen molar-refractivity contribution in [3.8, 4) is 11.5 Å². The fourth-order valence-electron chi connectivity index (χ4n) is 3.17. The van der Waals surface area contributed by atoms with Gasteiger partial charge < -0.3 is 14.6 Å². The molecule has 5 heteroatoms. The van der Waals surface area contributed by atoms with Crippen molar-refractivity contribution in [2.24, 2.45) is 0 Å². The van der Waals surface area contributed by atoms with Gasteiger partial charge in [0.25, 0.3) is 0 Å². The van der Waals surface area contributed by atoms with Crippen molar-refractivity contribution in [2.75, 3.05) is 20.5 Å². The number of ether oxygens (including phenoxy) is 2. The standard InChI is InChI=1S/C16H22O4S/c1-19-11-9-12(14(20-2)13(10-11)21-3)16(15(17)18)7-5-4-6-8-16/h9-10H,4-8H2,1-3H3,(H,17,18). The van der Waals surface area contributed by atoms with Crippen LogP contribution in [0.25, 0.3) is 0 Å². The maximum Gasteiger partial charge on any atom is 0.314 e. The van der Waals surface area contributed by atoms with Crippen molar-refractivity contribution in [1.82, 2.24) is 0 Å². The molecule has 0 heterocycles. The van der Waals surface area contributed by atoms with Gasteiger partial charge in [-0.15, -0.1) is 11.8 Å². The number of carboxylic acid groups (broad SMARTS) is 1. The first-order valence-corrected chi connectivity index (χ1v) is 8.35. The van der Waals surface area contributed by atoms with Gasteiger partial charge in [0.1, 0.15) is 11.5 Å². The molecule has 0 atom stereocenters. The molecular formula is C16H22O4S. The summed E-state index contributed by atoms with van der Waals surface area (Å²) < 4.78 is 10.9. The maximum absolute atomic E-state index is 12.0. The van der Waals surface area contributed by atoms with E-state index in [0.29, 0.717) is 24.3 Å². The largest absolute Gasteiger partial charge is 0.497 e. The minimum absolute atomic E-state index is 0.652. The Kier molecular flexibility index (Phi) is 5.04. The summed E-state index contributed by atoms with van der Waals surface area (Å²) in [6.45, 7) is 0. The van der Waals surface area contributed by atoms with Crippen LogP contribution in [0, 0.1) is 0 Å². The normalized spacial score (nSPS) is 17.3. The van der Waals surface area contributed by atoms with Crippen LogP contribution in [0.3, 0.4) is 0 Å². The fraction of sp³-hybridized carbons (Fsp3) is 0.562. The second-order valence-corrected chi connectivity index (χ2v) is 6.21. The van der Waals surface area contributed by atoms with Crippen molar-refractivity contribution < 1.29 is 19.4 Å². The highest BCUT2D eigenvalue weighted by atomic mass is 32.2. The number of methoxy groups -OCH3 is 2. The summed E-state index contributed by atoms with van der Waals surface area (Å²) in [7, 11) is 3.20. The number of hydrogen-bond donors (Lipinski definition) is 1. The Balaban J connectivity index is 2.65. The first-order valence-electron chi connectivity index (χ1n) is 7.13. The summed E-state index contributed by atoms with van der Waals surface area (Å²) in [5.74, 6) is 0.592. The van der Waals surface area contributed by atoms with Crippen molar-refractivity contribution in [3.05, 3.63) is 17.7 Å². The van der Waals surface area contributed by atoms with Crippen molar-refractivity contribution in [2.45, 2.75) is 42.4 Å². The molecule has 0 radical (unpaired) electrons. The van der Waals surface area contributed by atoms with Crippen LogP contribution in [0.4, 0.5) is 0 Å². The van der Waals surface area contributed by atoms with Gasteiger partial charge in [-0.3, -0.25) is 4.79 Å². The van der Waals surface area contributed by atoms with Crippen LogP contribution in [-0.4, -0.2) is 31.6 Å². The van der Waals surface area contributed by atoms with Crippen LogP contribution in [-0.2, 0) is 10.2 Å². The molecule has 4 nitrogen and oxygen atoms in total. The molecule has 0 saturated heterocycles. The van der Waals surface area contributed by atoms with Gasteiger partial charge in [0, 0.05) is 5.56 Å². The van der Waals surface area contributed by atoms with Gasteiger partial charge in [-0.2, -0.15) is 0 Å². The summed E-state index contributed by atoms with van der Waals surface area (Å²) in [5.41, 5.74) is -0.108. The highest BCUT2D eigenvalue weighted by molar-refractivity contribution is 7.98. The molecule has 21 heavy (non-hydrogen) atoms. The molecule has 1 aromatic rings. The van der Waals surface area contributed by atoms with Gasteiger partial charge in [0.15, 0.2) is 0 Å². The zero-order valence-corrected chi connectivity index (χ0v) is 13.6. The number of benzene rings is 1. The molecule has 2 rings (SSSR count). The third kappa shape index (κ3) is 2.84. The van der Waals surface area contributed by atoms with Crippen LogP contribution in [0.1, 0.15) is 37.7 Å². The summed E-state index contributed by atoms with van der Waals surface area (Å²) in [6.07, 6.45) is 6.22. The number of carboxylic acids is 1. The van der Waals surface area contributed by atoms with Gasteiger partial charge in [-0.05, 0) is 31.2 Å². The Labute approximate surface area is 129 Å². The van der Waals surface area contributed by atoms with Gasteiger partial charge in [0.05, 0.1) is 24.5 Å². The summed E-state index contributed by atoms with van der Waals surface area (Å²) >= 11 is 1.54. The van der Waals surface area contributed by atoms with E-state index in [2.05, 4.69) is 0 Å². The van der Waals surface area contributed by atoms with Crippen molar-refractivity contribution in [1.29, 1.82) is 0 Å². The van der Waals surface area contributed by atoms with Gasteiger partial charge >= 0.3 is 5.97 Å². The monoisotopic (exact) mass is 310 g/mol. The Morgan fingerprint density at radius 1 is 1.19 bits per heavy atom. The lowest BCUT2D eigenvalue weighted by atomic mass is 9.69. The van der Waals surface area contributed by atoms with Crippen LogP contribution >= 0.6 is 11.8 Å². The zero-order valence-electron chi connectivity index (χ0n) is 12.8. The summed E-state index contributed by atoms with van der Waals surface area (Å²) in [5, 5.41) is 9.89. The molecule has 0 spiro atoms. The Morgan fingerprint density at radius 3 is 2.33 bits per heavy atom. The smallest absolute Gasteiger partial charge is 0.314 e. The van der Waals surface area contributed by atoms with E-state index in [1.165, 1.54) is 0 Å². The second-order valence-electron chi connectivity index (χ2n) is 5.36. The molecule has 1 fully saturated rings. The van der Waals surface area contributed by atoms with E-state index < -0.39 is 11.4 Å². The van der Waals surface area contributed by atoms with E-state index in [9.17, 15) is 9.90 Å². The summed E-state index contributed by atoms with van der Waals surface area (Å²) in [4.78, 5) is 13.0. The molecule has 0 aromatic heterocycles. The molecule has 1 aromatic carbocycles. The minimum Gasteiger partial charge on any atom is -0.497 e. The lowest BCUT2D eigenvalue weighted by molar-refractivity contribution is -0.145. The van der Waals surface area contributed by atoms with Gasteiger partial charge in [-0.25, -0.2) is 0 Å². The summed E-state index contributed by atoms with van der Waals surface area (Å²) in [6, 6.07) is 3.73. The molecule has 0 amide bonds. The molecule has 0 bridgehead atoms. The topological polar surface area (TPSA) is 55.8 Å². The van der Waals surface area contributed by atoms with E-state index >= 15 is 0 Å². The van der Waals surface area contributed by atoms with Crippen molar-refractivity contribution in [3.63, 3.8) is 0 Å². The first kappa shape index (κ1) is 16.0. The van der Waals surface area contributed by atoms with E-state index in [-0.39, 0.29) is 0 Å². The predicted octanol–water partition coefficient (Wildman–Crippen LogP) is 3.71. The Hall–Kier alpha value is -1.36. The van der Waals surface area contributed by atoms with Crippen LogP contribution in [0.15, 0.2) is 17.0 Å². The zero-order chi connectivity index (χ0) is 15.5. The number of carbonyl (C=O) groups is 1. The number of aliphatic carboxylic acids is 1. The van der Waals surface area contributed by atoms with Crippen molar-refractivity contribution >= 4 is 17.7 Å². The van der Waals surface area contributed by atoms with E-state index in [4.69, 9.17) is 9.47 Å². The van der Waals surface area contributed by atoms with Crippen LogP contribution in [0.5, 0.6) is 11.5 Å². The van der Waals surface area contributed by atoms with E-state index in [0.717, 1.165) is 29.7 Å². The van der Waals surface area contributed by atoms with Crippen LogP contribution < -0.4 is 9.47 Å². The lowest BCUT2D eigenvalue weighted by Crippen LogP contribution is -2.38. The Bertz CT molecular complexity index is 521. The Morgan fingerprint density at radius 2 is 1.86 bits per heavy atom. The highest BCUT2D eigenvalue weighted by Crippen LogP contribution is 2.47. The maximum atomic E-state index is 12.0. The van der Waals surface area contributed by atoms with Gasteiger partial charge in [0.2, 0.25) is 0 Å². The highest BCUT2D eigenvalue weighted by Gasteiger charge is 2.44. The molecule has 1 N–H and O–H groups in total. The second kappa shape index (κ2) is 6.60. The number of thioether (sulfide) groups is 1. The molecule has 0 aliphatic heterocycles. The molecular weight excluding hydrogens is 288 g/mol. The van der Waals surface area contributed by atoms with E-state index in [1.807, 2.05) is 18.4 Å². The third-order valence-electron chi connectivity index (χ3n) is 4.32. The predicted molar refractivity (Wildman–Crippen MR) is 83.7 cm³/mol. The van der Waals surface area contributed by atoms with Gasteiger partial charge in [-0.1, -0.05) is 19.3 Å². The third-order valence-corrected chi connectivity index (χ3v) is 5.06. The lowest BCUT2D eigenvalue weighted by Gasteiger charge is -2.35. The first-order chi connectivity index (χ1) is 10.1. The fourth-order valence-corrected chi connectivity index (χ4v) is 3.78. The quantitative estimate of drug-likeness (QED) is 0.840. The van der Waals surface area contributed by atoms with Crippen LogP contribution in [0.2, 0.25) is 0 Å².